The maximum atomic E-state index is 3.53. The van der Waals surface area contributed by atoms with E-state index in [1.807, 2.05) is 11.3 Å². The number of hydrogen-bond acceptors (Lipinski definition) is 2. The van der Waals surface area contributed by atoms with Gasteiger partial charge in [-0.05, 0) is 76.7 Å². The van der Waals surface area contributed by atoms with Crippen LogP contribution >= 0.6 is 43.2 Å². The molecule has 92 valence electrons. The van der Waals surface area contributed by atoms with E-state index in [9.17, 15) is 0 Å². The van der Waals surface area contributed by atoms with Crippen molar-refractivity contribution in [3.8, 4) is 0 Å². The smallest absolute Gasteiger partial charge is 0.0843 e. The van der Waals surface area contributed by atoms with E-state index in [2.05, 4.69) is 50.2 Å². The van der Waals surface area contributed by atoms with E-state index in [1.165, 1.54) is 51.8 Å². The van der Waals surface area contributed by atoms with Gasteiger partial charge in [0.05, 0.1) is 3.79 Å². The van der Waals surface area contributed by atoms with Crippen LogP contribution in [0.5, 0.6) is 0 Å². The normalized spacial score (nSPS) is 10.9. The third-order valence-corrected chi connectivity index (χ3v) is 5.72. The van der Waals surface area contributed by atoms with E-state index in [4.69, 9.17) is 0 Å². The molecule has 1 heterocycles. The van der Waals surface area contributed by atoms with Crippen molar-refractivity contribution in [3.05, 3.63) is 19.2 Å². The molecular formula is C12H19Br2NS. The minimum absolute atomic E-state index is 1.16. The van der Waals surface area contributed by atoms with Crippen molar-refractivity contribution in [2.75, 3.05) is 13.1 Å². The summed E-state index contributed by atoms with van der Waals surface area (Å²) >= 11 is 8.89. The summed E-state index contributed by atoms with van der Waals surface area (Å²) in [5, 5.41) is 3.43. The molecule has 1 N–H and O–H groups in total. The number of halogens is 2. The summed E-state index contributed by atoms with van der Waals surface area (Å²) < 4.78 is 2.41. The van der Waals surface area contributed by atoms with Gasteiger partial charge in [-0.25, -0.2) is 0 Å². The van der Waals surface area contributed by atoms with Gasteiger partial charge < -0.3 is 5.32 Å². The average molecular weight is 369 g/mol. The first-order chi connectivity index (χ1) is 7.74. The standard InChI is InChI=1S/C12H19Br2NS/c1-2-7-15-8-5-3-4-6-10-9-11(13)12(14)16-10/h9,15H,2-8H2,1H3. The highest BCUT2D eigenvalue weighted by molar-refractivity contribution is 9.13. The molecule has 0 aliphatic heterocycles. The molecule has 0 radical (unpaired) electrons. The summed E-state index contributed by atoms with van der Waals surface area (Å²) in [5.74, 6) is 0. The van der Waals surface area contributed by atoms with Gasteiger partial charge in [-0.15, -0.1) is 11.3 Å². The van der Waals surface area contributed by atoms with Gasteiger partial charge in [-0.3, -0.25) is 0 Å². The van der Waals surface area contributed by atoms with Gasteiger partial charge >= 0.3 is 0 Å². The summed E-state index contributed by atoms with van der Waals surface area (Å²) in [7, 11) is 0. The minimum atomic E-state index is 1.16. The number of nitrogens with one attached hydrogen (secondary N) is 1. The van der Waals surface area contributed by atoms with E-state index >= 15 is 0 Å². The van der Waals surface area contributed by atoms with E-state index in [0.29, 0.717) is 0 Å². The van der Waals surface area contributed by atoms with Crippen molar-refractivity contribution < 1.29 is 0 Å². The van der Waals surface area contributed by atoms with Gasteiger partial charge in [0.2, 0.25) is 0 Å². The zero-order valence-electron chi connectivity index (χ0n) is 9.69. The van der Waals surface area contributed by atoms with Crippen LogP contribution in [0.4, 0.5) is 0 Å². The Hall–Kier alpha value is 0.620. The van der Waals surface area contributed by atoms with Crippen LogP contribution in [0.3, 0.4) is 0 Å². The van der Waals surface area contributed by atoms with Crippen molar-refractivity contribution in [1.29, 1.82) is 0 Å². The molecule has 1 rings (SSSR count). The van der Waals surface area contributed by atoms with E-state index in [-0.39, 0.29) is 0 Å². The second-order valence-corrected chi connectivity index (χ2v) is 7.20. The summed E-state index contributed by atoms with van der Waals surface area (Å²) in [6.45, 7) is 4.54. The first kappa shape index (κ1) is 14.7. The summed E-state index contributed by atoms with van der Waals surface area (Å²) in [6.07, 6.45) is 6.37. The van der Waals surface area contributed by atoms with Crippen molar-refractivity contribution in [2.24, 2.45) is 0 Å². The Morgan fingerprint density at radius 1 is 1.19 bits per heavy atom. The molecular weight excluding hydrogens is 350 g/mol. The van der Waals surface area contributed by atoms with Gasteiger partial charge in [0, 0.05) is 9.35 Å². The van der Waals surface area contributed by atoms with Crippen molar-refractivity contribution in [1.82, 2.24) is 5.32 Å². The molecule has 0 aromatic carbocycles. The molecule has 0 spiro atoms. The van der Waals surface area contributed by atoms with Crippen molar-refractivity contribution in [2.45, 2.75) is 39.0 Å². The lowest BCUT2D eigenvalue weighted by atomic mass is 10.2. The molecule has 0 aliphatic rings. The summed E-state index contributed by atoms with van der Waals surface area (Å²) in [6, 6.07) is 2.23. The molecule has 0 fully saturated rings. The van der Waals surface area contributed by atoms with Gasteiger partial charge in [0.1, 0.15) is 0 Å². The Labute approximate surface area is 119 Å². The molecule has 1 nitrogen and oxygen atoms in total. The van der Waals surface area contributed by atoms with Gasteiger partial charge in [0.15, 0.2) is 0 Å². The van der Waals surface area contributed by atoms with Crippen LogP contribution < -0.4 is 5.32 Å². The zero-order chi connectivity index (χ0) is 11.8. The Kier molecular flexibility index (Phi) is 7.96. The molecule has 0 aliphatic carbocycles. The van der Waals surface area contributed by atoms with Crippen LogP contribution in [-0.2, 0) is 6.42 Å². The maximum Gasteiger partial charge on any atom is 0.0843 e. The van der Waals surface area contributed by atoms with Crippen molar-refractivity contribution >= 4 is 43.2 Å². The fraction of sp³-hybridized carbons (Fsp3) is 0.667. The Morgan fingerprint density at radius 3 is 2.62 bits per heavy atom. The van der Waals surface area contributed by atoms with Crippen LogP contribution in [-0.4, -0.2) is 13.1 Å². The molecule has 16 heavy (non-hydrogen) atoms. The third kappa shape index (κ3) is 5.80. The molecule has 1 aromatic rings. The molecule has 0 saturated heterocycles. The lowest BCUT2D eigenvalue weighted by Crippen LogP contribution is -2.15. The lowest BCUT2D eigenvalue weighted by molar-refractivity contribution is 0.600. The second kappa shape index (κ2) is 8.67. The van der Waals surface area contributed by atoms with Gasteiger partial charge in [0.25, 0.3) is 0 Å². The van der Waals surface area contributed by atoms with E-state index in [0.717, 1.165) is 6.54 Å². The Morgan fingerprint density at radius 2 is 2.00 bits per heavy atom. The predicted molar refractivity (Wildman–Crippen MR) is 80.4 cm³/mol. The molecule has 0 unspecified atom stereocenters. The average Bonchev–Trinajstić information content (AvgIpc) is 2.57. The molecule has 4 heteroatoms. The highest BCUT2D eigenvalue weighted by atomic mass is 79.9. The first-order valence-corrected chi connectivity index (χ1v) is 8.28. The lowest BCUT2D eigenvalue weighted by Gasteiger charge is -2.02. The molecule has 0 saturated carbocycles. The number of unbranched alkanes of at least 4 members (excludes halogenated alkanes) is 2. The fourth-order valence-corrected chi connectivity index (χ4v) is 3.76. The SMILES string of the molecule is CCCNCCCCCc1cc(Br)c(Br)s1. The highest BCUT2D eigenvalue weighted by Crippen LogP contribution is 2.33. The first-order valence-electron chi connectivity index (χ1n) is 5.88. The Balaban J connectivity index is 2.03. The largest absolute Gasteiger partial charge is 0.317 e. The van der Waals surface area contributed by atoms with Crippen LogP contribution in [0.2, 0.25) is 0 Å². The fourth-order valence-electron chi connectivity index (χ4n) is 1.54. The molecule has 0 atom stereocenters. The zero-order valence-corrected chi connectivity index (χ0v) is 13.7. The maximum absolute atomic E-state index is 3.53. The third-order valence-electron chi connectivity index (χ3n) is 2.40. The monoisotopic (exact) mass is 367 g/mol. The minimum Gasteiger partial charge on any atom is -0.317 e. The molecule has 0 bridgehead atoms. The van der Waals surface area contributed by atoms with Crippen LogP contribution in [0.25, 0.3) is 0 Å². The number of rotatable bonds is 8. The van der Waals surface area contributed by atoms with Crippen LogP contribution in [0, 0.1) is 0 Å². The number of hydrogen-bond donors (Lipinski definition) is 1. The van der Waals surface area contributed by atoms with Crippen molar-refractivity contribution in [3.63, 3.8) is 0 Å². The van der Waals surface area contributed by atoms with Gasteiger partial charge in [-0.2, -0.15) is 0 Å². The number of thiophene rings is 1. The second-order valence-electron chi connectivity index (χ2n) is 3.90. The van der Waals surface area contributed by atoms with E-state index in [1.54, 1.807) is 0 Å². The predicted octanol–water partition coefficient (Wildman–Crippen LogP) is 4.99. The summed E-state index contributed by atoms with van der Waals surface area (Å²) in [5.41, 5.74) is 0. The topological polar surface area (TPSA) is 12.0 Å². The van der Waals surface area contributed by atoms with E-state index < -0.39 is 0 Å². The Bertz CT molecular complexity index is 280. The van der Waals surface area contributed by atoms with Gasteiger partial charge in [-0.1, -0.05) is 13.3 Å². The molecule has 1 aromatic heterocycles. The number of aryl methyl sites for hydroxylation is 1. The van der Waals surface area contributed by atoms with Crippen LogP contribution in [0.1, 0.15) is 37.5 Å². The molecule has 0 amide bonds. The summed E-state index contributed by atoms with van der Waals surface area (Å²) in [4.78, 5) is 1.47. The van der Waals surface area contributed by atoms with Crippen LogP contribution in [0.15, 0.2) is 14.3 Å². The quantitative estimate of drug-likeness (QED) is 0.637. The highest BCUT2D eigenvalue weighted by Gasteiger charge is 2.03.